The summed E-state index contributed by atoms with van der Waals surface area (Å²) in [6.07, 6.45) is 0.443. The molecule has 23 heavy (non-hydrogen) atoms. The Morgan fingerprint density at radius 1 is 1.35 bits per heavy atom. The second-order valence-corrected chi connectivity index (χ2v) is 5.01. The van der Waals surface area contributed by atoms with Crippen LogP contribution in [-0.2, 0) is 16.0 Å². The lowest BCUT2D eigenvalue weighted by Crippen LogP contribution is -2.44. The van der Waals surface area contributed by atoms with Crippen molar-refractivity contribution in [1.82, 2.24) is 10.6 Å². The molecular weight excluding hydrogens is 299 g/mol. The number of hydrogen-bond acceptors (Lipinski definition) is 3. The third kappa shape index (κ3) is 7.60. The van der Waals surface area contributed by atoms with E-state index in [1.807, 2.05) is 6.92 Å². The number of halogens is 1. The van der Waals surface area contributed by atoms with E-state index in [0.29, 0.717) is 38.7 Å². The van der Waals surface area contributed by atoms with Crippen molar-refractivity contribution >= 4 is 11.9 Å². The fourth-order valence-corrected chi connectivity index (χ4v) is 2.00. The maximum Gasteiger partial charge on any atom is 0.222 e. The Kier molecular flexibility index (Phi) is 8.67. The van der Waals surface area contributed by atoms with Gasteiger partial charge in [0.2, 0.25) is 5.91 Å². The van der Waals surface area contributed by atoms with Gasteiger partial charge in [-0.1, -0.05) is 12.1 Å². The zero-order chi connectivity index (χ0) is 17.1. The molecule has 1 rings (SSSR count). The van der Waals surface area contributed by atoms with Crippen LogP contribution in [0.15, 0.2) is 29.3 Å². The van der Waals surface area contributed by atoms with Gasteiger partial charge in [-0.3, -0.25) is 9.79 Å². The van der Waals surface area contributed by atoms with E-state index in [-0.39, 0.29) is 5.82 Å². The van der Waals surface area contributed by atoms with Gasteiger partial charge >= 0.3 is 0 Å². The van der Waals surface area contributed by atoms with Crippen molar-refractivity contribution in [2.75, 3.05) is 33.4 Å². The lowest BCUT2D eigenvalue weighted by molar-refractivity contribution is -0.121. The van der Waals surface area contributed by atoms with Crippen molar-refractivity contribution < 1.29 is 13.9 Å². The van der Waals surface area contributed by atoms with Crippen molar-refractivity contribution in [3.8, 4) is 0 Å². The lowest BCUT2D eigenvalue weighted by Gasteiger charge is -2.17. The maximum atomic E-state index is 12.9. The zero-order valence-electron chi connectivity index (χ0n) is 13.6. The summed E-state index contributed by atoms with van der Waals surface area (Å²) in [5.74, 6) is -0.547. The van der Waals surface area contributed by atoms with Crippen molar-refractivity contribution in [2.45, 2.75) is 13.3 Å². The molecule has 0 spiro atoms. The standard InChI is InChI=1S/C16H25FN4O2/c1-3-23-9-8-20-16(19-2)21-11-13(15(18)22)10-12-4-6-14(17)7-5-12/h4-7,13H,3,8-11H2,1-2H3,(H2,18,22)(H2,19,20,21). The van der Waals surface area contributed by atoms with Gasteiger partial charge in [-0.2, -0.15) is 0 Å². The number of guanidine groups is 1. The minimum atomic E-state index is -0.411. The number of carbonyl (C=O) groups is 1. The highest BCUT2D eigenvalue weighted by Gasteiger charge is 2.16. The maximum absolute atomic E-state index is 12.9. The van der Waals surface area contributed by atoms with Crippen LogP contribution in [-0.4, -0.2) is 45.2 Å². The first-order valence-electron chi connectivity index (χ1n) is 7.62. The van der Waals surface area contributed by atoms with E-state index in [0.717, 1.165) is 5.56 Å². The normalized spacial score (nSPS) is 12.7. The number of nitrogens with one attached hydrogen (secondary N) is 2. The van der Waals surface area contributed by atoms with Gasteiger partial charge in [0.15, 0.2) is 5.96 Å². The van der Waals surface area contributed by atoms with Crippen LogP contribution >= 0.6 is 0 Å². The number of primary amides is 1. The molecule has 0 aliphatic rings. The summed E-state index contributed by atoms with van der Waals surface area (Å²) < 4.78 is 18.1. The first-order chi connectivity index (χ1) is 11.1. The molecule has 0 heterocycles. The summed E-state index contributed by atoms with van der Waals surface area (Å²) in [5.41, 5.74) is 6.31. The molecule has 1 aromatic carbocycles. The predicted molar refractivity (Wildman–Crippen MR) is 88.6 cm³/mol. The molecule has 6 nitrogen and oxygen atoms in total. The number of rotatable bonds is 9. The number of hydrogen-bond donors (Lipinski definition) is 3. The number of aliphatic imine (C=N–C) groups is 1. The van der Waals surface area contributed by atoms with E-state index in [1.54, 1.807) is 19.2 Å². The number of ether oxygens (including phenoxy) is 1. The highest BCUT2D eigenvalue weighted by Crippen LogP contribution is 2.09. The average molecular weight is 324 g/mol. The molecule has 1 aromatic rings. The van der Waals surface area contributed by atoms with Crippen molar-refractivity contribution in [3.63, 3.8) is 0 Å². The molecule has 4 N–H and O–H groups in total. The topological polar surface area (TPSA) is 88.7 Å². The number of carbonyl (C=O) groups excluding carboxylic acids is 1. The van der Waals surface area contributed by atoms with Gasteiger partial charge in [0.05, 0.1) is 12.5 Å². The first kappa shape index (κ1) is 18.9. The van der Waals surface area contributed by atoms with Crippen LogP contribution in [0.3, 0.4) is 0 Å². The molecule has 7 heteroatoms. The smallest absolute Gasteiger partial charge is 0.222 e. The number of nitrogens with zero attached hydrogens (tertiary/aromatic N) is 1. The summed E-state index contributed by atoms with van der Waals surface area (Å²) in [6, 6.07) is 6.05. The highest BCUT2D eigenvalue weighted by atomic mass is 19.1. The molecule has 0 radical (unpaired) electrons. The van der Waals surface area contributed by atoms with Crippen molar-refractivity contribution in [2.24, 2.45) is 16.6 Å². The molecule has 0 bridgehead atoms. The van der Waals surface area contributed by atoms with Crippen LogP contribution in [0, 0.1) is 11.7 Å². The molecule has 128 valence electrons. The summed E-state index contributed by atoms with van der Waals surface area (Å²) in [4.78, 5) is 15.7. The van der Waals surface area contributed by atoms with Crippen LogP contribution in [0.5, 0.6) is 0 Å². The van der Waals surface area contributed by atoms with Crippen molar-refractivity contribution in [3.05, 3.63) is 35.6 Å². The molecule has 0 saturated heterocycles. The minimum absolute atomic E-state index is 0.304. The van der Waals surface area contributed by atoms with Gasteiger partial charge in [-0.25, -0.2) is 4.39 Å². The Morgan fingerprint density at radius 3 is 2.61 bits per heavy atom. The van der Waals surface area contributed by atoms with E-state index in [9.17, 15) is 9.18 Å². The molecule has 0 fully saturated rings. The van der Waals surface area contributed by atoms with Crippen LogP contribution in [0.1, 0.15) is 12.5 Å². The van der Waals surface area contributed by atoms with Crippen LogP contribution in [0.4, 0.5) is 4.39 Å². The predicted octanol–water partition coefficient (Wildman–Crippen LogP) is 0.671. The minimum Gasteiger partial charge on any atom is -0.380 e. The van der Waals surface area contributed by atoms with Gasteiger partial charge in [0.25, 0.3) is 0 Å². The van der Waals surface area contributed by atoms with Crippen molar-refractivity contribution in [1.29, 1.82) is 0 Å². The van der Waals surface area contributed by atoms with Crippen LogP contribution < -0.4 is 16.4 Å². The van der Waals surface area contributed by atoms with Gasteiger partial charge in [0.1, 0.15) is 5.82 Å². The largest absolute Gasteiger partial charge is 0.380 e. The second-order valence-electron chi connectivity index (χ2n) is 5.01. The molecule has 1 amide bonds. The van der Waals surface area contributed by atoms with Crippen LogP contribution in [0.2, 0.25) is 0 Å². The van der Waals surface area contributed by atoms with Gasteiger partial charge in [-0.15, -0.1) is 0 Å². The van der Waals surface area contributed by atoms with Gasteiger partial charge < -0.3 is 21.1 Å². The molecule has 0 aliphatic carbocycles. The summed E-state index contributed by atoms with van der Waals surface area (Å²) in [5, 5.41) is 6.15. The number of nitrogens with two attached hydrogens (primary N) is 1. The summed E-state index contributed by atoms with van der Waals surface area (Å²) in [6.45, 7) is 4.13. The summed E-state index contributed by atoms with van der Waals surface area (Å²) >= 11 is 0. The SMILES string of the molecule is CCOCCNC(=NC)NCC(Cc1ccc(F)cc1)C(N)=O. The van der Waals surface area contributed by atoms with Gasteiger partial charge in [-0.05, 0) is 31.0 Å². The van der Waals surface area contributed by atoms with E-state index in [4.69, 9.17) is 10.5 Å². The number of benzene rings is 1. The number of amides is 1. The van der Waals surface area contributed by atoms with E-state index < -0.39 is 11.8 Å². The Labute approximate surface area is 136 Å². The monoisotopic (exact) mass is 324 g/mol. The Hall–Kier alpha value is -2.15. The van der Waals surface area contributed by atoms with Crippen LogP contribution in [0.25, 0.3) is 0 Å². The molecule has 0 aliphatic heterocycles. The Morgan fingerprint density at radius 2 is 2.04 bits per heavy atom. The second kappa shape index (κ2) is 10.6. The van der Waals surface area contributed by atoms with E-state index in [1.165, 1.54) is 12.1 Å². The third-order valence-corrected chi connectivity index (χ3v) is 3.28. The average Bonchev–Trinajstić information content (AvgIpc) is 2.54. The lowest BCUT2D eigenvalue weighted by atomic mass is 9.98. The molecule has 0 aromatic heterocycles. The molecule has 1 unspecified atom stereocenters. The zero-order valence-corrected chi connectivity index (χ0v) is 13.6. The fraction of sp³-hybridized carbons (Fsp3) is 0.500. The highest BCUT2D eigenvalue weighted by molar-refractivity contribution is 5.81. The first-order valence-corrected chi connectivity index (χ1v) is 7.62. The van der Waals surface area contributed by atoms with Gasteiger partial charge in [0, 0.05) is 26.7 Å². The molecule has 1 atom stereocenters. The fourth-order valence-electron chi connectivity index (χ4n) is 2.00. The summed E-state index contributed by atoms with van der Waals surface area (Å²) in [7, 11) is 1.65. The Bertz CT molecular complexity index is 505. The molecular formula is C16H25FN4O2. The quantitative estimate of drug-likeness (QED) is 0.354. The van der Waals surface area contributed by atoms with E-state index >= 15 is 0 Å². The third-order valence-electron chi connectivity index (χ3n) is 3.28. The van der Waals surface area contributed by atoms with E-state index in [2.05, 4.69) is 15.6 Å². The molecule has 0 saturated carbocycles. The Balaban J connectivity index is 2.48.